The zero-order valence-electron chi connectivity index (χ0n) is 14.3. The van der Waals surface area contributed by atoms with Crippen LogP contribution in [0, 0.1) is 0 Å². The van der Waals surface area contributed by atoms with Crippen molar-refractivity contribution in [3.05, 3.63) is 84.7 Å². The molecule has 0 saturated carbocycles. The summed E-state index contributed by atoms with van der Waals surface area (Å²) in [5, 5.41) is 3.03. The lowest BCUT2D eigenvalue weighted by atomic mass is 10.0. The average Bonchev–Trinajstić information content (AvgIpc) is 3.11. The Morgan fingerprint density at radius 1 is 0.885 bits per heavy atom. The van der Waals surface area contributed by atoms with Crippen molar-refractivity contribution in [2.45, 2.75) is 12.8 Å². The number of carbonyl (C=O) groups is 1. The first kappa shape index (κ1) is 16.1. The van der Waals surface area contributed by atoms with E-state index in [1.165, 1.54) is 0 Å². The maximum atomic E-state index is 12.4. The fraction of sp³-hybridized carbons (Fsp3) is 0.0909. The largest absolute Gasteiger partial charge is 0.342 e. The molecule has 1 amide bonds. The van der Waals surface area contributed by atoms with Gasteiger partial charge in [0.1, 0.15) is 5.82 Å². The predicted octanol–water partition coefficient (Wildman–Crippen LogP) is 4.80. The van der Waals surface area contributed by atoms with E-state index in [0.29, 0.717) is 12.8 Å². The molecule has 26 heavy (non-hydrogen) atoms. The van der Waals surface area contributed by atoms with Crippen LogP contribution >= 0.6 is 0 Å². The Hall–Kier alpha value is -3.40. The van der Waals surface area contributed by atoms with E-state index in [9.17, 15) is 4.79 Å². The Kier molecular flexibility index (Phi) is 4.48. The number of H-pyrrole nitrogens is 1. The van der Waals surface area contributed by atoms with E-state index < -0.39 is 0 Å². The number of benzene rings is 3. The second kappa shape index (κ2) is 7.23. The summed E-state index contributed by atoms with van der Waals surface area (Å²) in [6, 6.07) is 25.8. The van der Waals surface area contributed by atoms with Crippen LogP contribution in [0.1, 0.15) is 12.2 Å². The number of rotatable bonds is 5. The Morgan fingerprint density at radius 3 is 2.46 bits per heavy atom. The number of nitrogens with zero attached hydrogens (tertiary/aromatic N) is 1. The third-order valence-electron chi connectivity index (χ3n) is 4.31. The maximum Gasteiger partial charge on any atom is 0.224 e. The van der Waals surface area contributed by atoms with Crippen LogP contribution in [0.4, 0.5) is 5.69 Å². The van der Waals surface area contributed by atoms with Crippen LogP contribution in [0.25, 0.3) is 22.2 Å². The fourth-order valence-corrected chi connectivity index (χ4v) is 3.03. The number of anilines is 1. The average molecular weight is 341 g/mol. The van der Waals surface area contributed by atoms with E-state index in [0.717, 1.165) is 33.7 Å². The van der Waals surface area contributed by atoms with Gasteiger partial charge in [-0.25, -0.2) is 4.98 Å². The number of aromatic nitrogens is 2. The van der Waals surface area contributed by atoms with E-state index >= 15 is 0 Å². The van der Waals surface area contributed by atoms with E-state index in [-0.39, 0.29) is 5.91 Å². The first-order valence-electron chi connectivity index (χ1n) is 8.67. The number of imidazole rings is 1. The number of hydrogen-bond acceptors (Lipinski definition) is 2. The van der Waals surface area contributed by atoms with E-state index in [1.807, 2.05) is 78.9 Å². The molecule has 4 nitrogen and oxygen atoms in total. The van der Waals surface area contributed by atoms with Crippen molar-refractivity contribution in [3.63, 3.8) is 0 Å². The van der Waals surface area contributed by atoms with Crippen LogP contribution in [0.15, 0.2) is 78.9 Å². The highest BCUT2D eigenvalue weighted by Gasteiger charge is 2.10. The lowest BCUT2D eigenvalue weighted by molar-refractivity contribution is -0.116. The highest BCUT2D eigenvalue weighted by Crippen LogP contribution is 2.27. The number of para-hydroxylation sites is 3. The summed E-state index contributed by atoms with van der Waals surface area (Å²) in [7, 11) is 0. The minimum atomic E-state index is -0.0196. The van der Waals surface area contributed by atoms with Gasteiger partial charge in [-0.15, -0.1) is 0 Å². The molecular formula is C22H19N3O. The molecule has 0 aliphatic heterocycles. The van der Waals surface area contributed by atoms with Gasteiger partial charge < -0.3 is 10.3 Å². The summed E-state index contributed by atoms with van der Waals surface area (Å²) >= 11 is 0. The Labute approximate surface area is 151 Å². The van der Waals surface area contributed by atoms with Crippen molar-refractivity contribution in [2.75, 3.05) is 5.32 Å². The van der Waals surface area contributed by atoms with Crippen LogP contribution < -0.4 is 5.32 Å². The van der Waals surface area contributed by atoms with Crippen molar-refractivity contribution in [1.29, 1.82) is 0 Å². The standard InChI is InChI=1S/C22H19N3O/c26-22(15-14-21-23-19-12-6-7-13-20(19)24-21)25-18-11-5-4-10-17(18)16-8-2-1-3-9-16/h1-13H,14-15H2,(H,23,24)(H,25,26). The Balaban J connectivity index is 1.45. The van der Waals surface area contributed by atoms with Crippen LogP contribution in [0.3, 0.4) is 0 Å². The number of hydrogen-bond donors (Lipinski definition) is 2. The fourth-order valence-electron chi connectivity index (χ4n) is 3.03. The van der Waals surface area contributed by atoms with E-state index in [4.69, 9.17) is 0 Å². The molecule has 0 fully saturated rings. The van der Waals surface area contributed by atoms with Gasteiger partial charge in [0.15, 0.2) is 0 Å². The molecular weight excluding hydrogens is 322 g/mol. The van der Waals surface area contributed by atoms with Crippen molar-refractivity contribution in [3.8, 4) is 11.1 Å². The van der Waals surface area contributed by atoms with Crippen molar-refractivity contribution >= 4 is 22.6 Å². The van der Waals surface area contributed by atoms with Gasteiger partial charge in [-0.3, -0.25) is 4.79 Å². The molecule has 4 heteroatoms. The van der Waals surface area contributed by atoms with Crippen LogP contribution in [-0.2, 0) is 11.2 Å². The zero-order chi connectivity index (χ0) is 17.8. The summed E-state index contributed by atoms with van der Waals surface area (Å²) in [6.45, 7) is 0. The summed E-state index contributed by atoms with van der Waals surface area (Å²) in [5.74, 6) is 0.812. The number of nitrogens with one attached hydrogen (secondary N) is 2. The van der Waals surface area contributed by atoms with Gasteiger partial charge in [-0.2, -0.15) is 0 Å². The lowest BCUT2D eigenvalue weighted by Gasteiger charge is -2.11. The van der Waals surface area contributed by atoms with E-state index in [1.54, 1.807) is 0 Å². The quantitative estimate of drug-likeness (QED) is 0.548. The summed E-state index contributed by atoms with van der Waals surface area (Å²) in [5.41, 5.74) is 4.86. The predicted molar refractivity (Wildman–Crippen MR) is 105 cm³/mol. The van der Waals surface area contributed by atoms with E-state index in [2.05, 4.69) is 15.3 Å². The number of amides is 1. The zero-order valence-corrected chi connectivity index (χ0v) is 14.3. The second-order valence-electron chi connectivity index (χ2n) is 6.16. The summed E-state index contributed by atoms with van der Waals surface area (Å²) in [6.07, 6.45) is 0.955. The highest BCUT2D eigenvalue weighted by atomic mass is 16.1. The summed E-state index contributed by atoms with van der Waals surface area (Å²) in [4.78, 5) is 20.2. The SMILES string of the molecule is O=C(CCc1nc2ccccc2[nH]1)Nc1ccccc1-c1ccccc1. The highest BCUT2D eigenvalue weighted by molar-refractivity contribution is 5.95. The molecule has 0 spiro atoms. The Bertz CT molecular complexity index is 1000. The van der Waals surface area contributed by atoms with Gasteiger partial charge in [0.25, 0.3) is 0 Å². The van der Waals surface area contributed by atoms with Crippen LogP contribution in [-0.4, -0.2) is 15.9 Å². The molecule has 1 aromatic heterocycles. The van der Waals surface area contributed by atoms with Gasteiger partial charge in [0.2, 0.25) is 5.91 Å². The molecule has 0 aliphatic rings. The molecule has 3 aromatic carbocycles. The molecule has 0 radical (unpaired) electrons. The second-order valence-corrected chi connectivity index (χ2v) is 6.16. The van der Waals surface area contributed by atoms with Crippen molar-refractivity contribution < 1.29 is 4.79 Å². The lowest BCUT2D eigenvalue weighted by Crippen LogP contribution is -2.13. The smallest absolute Gasteiger partial charge is 0.224 e. The molecule has 0 unspecified atom stereocenters. The normalized spacial score (nSPS) is 10.8. The molecule has 128 valence electrons. The third-order valence-corrected chi connectivity index (χ3v) is 4.31. The van der Waals surface area contributed by atoms with Gasteiger partial charge in [0, 0.05) is 24.1 Å². The van der Waals surface area contributed by atoms with Gasteiger partial charge in [0.05, 0.1) is 11.0 Å². The Morgan fingerprint density at radius 2 is 1.62 bits per heavy atom. The maximum absolute atomic E-state index is 12.4. The van der Waals surface area contributed by atoms with Crippen LogP contribution in [0.5, 0.6) is 0 Å². The number of carbonyl (C=O) groups excluding carboxylic acids is 1. The molecule has 0 atom stereocenters. The van der Waals surface area contributed by atoms with Gasteiger partial charge in [-0.05, 0) is 23.8 Å². The molecule has 0 aliphatic carbocycles. The molecule has 4 rings (SSSR count). The third kappa shape index (κ3) is 3.49. The first-order chi connectivity index (χ1) is 12.8. The van der Waals surface area contributed by atoms with Gasteiger partial charge >= 0.3 is 0 Å². The molecule has 4 aromatic rings. The summed E-state index contributed by atoms with van der Waals surface area (Å²) < 4.78 is 0. The van der Waals surface area contributed by atoms with Gasteiger partial charge in [-0.1, -0.05) is 60.7 Å². The molecule has 0 saturated heterocycles. The minimum Gasteiger partial charge on any atom is -0.342 e. The van der Waals surface area contributed by atoms with Crippen molar-refractivity contribution in [1.82, 2.24) is 9.97 Å². The number of aromatic amines is 1. The minimum absolute atomic E-state index is 0.0196. The number of aryl methyl sites for hydroxylation is 1. The number of fused-ring (bicyclic) bond motifs is 1. The molecule has 1 heterocycles. The first-order valence-corrected chi connectivity index (χ1v) is 8.67. The van der Waals surface area contributed by atoms with Crippen molar-refractivity contribution in [2.24, 2.45) is 0 Å². The van der Waals surface area contributed by atoms with Crippen LogP contribution in [0.2, 0.25) is 0 Å². The monoisotopic (exact) mass is 341 g/mol. The molecule has 0 bridgehead atoms. The topological polar surface area (TPSA) is 57.8 Å². The molecule has 2 N–H and O–H groups in total.